The SMILES string of the molecule is CCNc1nnc(SCC(=O)N(CC)CC)s1. The van der Waals surface area contributed by atoms with Crippen LogP contribution in [0, 0.1) is 0 Å². The smallest absolute Gasteiger partial charge is 0.233 e. The van der Waals surface area contributed by atoms with Crippen molar-refractivity contribution < 1.29 is 4.79 Å². The Labute approximate surface area is 110 Å². The summed E-state index contributed by atoms with van der Waals surface area (Å²) in [7, 11) is 0. The van der Waals surface area contributed by atoms with Crippen molar-refractivity contribution in [3.8, 4) is 0 Å². The van der Waals surface area contributed by atoms with Gasteiger partial charge in [-0.05, 0) is 20.8 Å². The van der Waals surface area contributed by atoms with Gasteiger partial charge in [-0.1, -0.05) is 23.1 Å². The first-order chi connectivity index (χ1) is 8.21. The molecule has 1 N–H and O–H groups in total. The fourth-order valence-corrected chi connectivity index (χ4v) is 3.00. The molecule has 0 fully saturated rings. The van der Waals surface area contributed by atoms with E-state index in [1.54, 1.807) is 0 Å². The molecule has 1 aromatic heterocycles. The van der Waals surface area contributed by atoms with Crippen LogP contribution in [0.5, 0.6) is 0 Å². The zero-order chi connectivity index (χ0) is 12.7. The number of hydrogen-bond acceptors (Lipinski definition) is 6. The molecule has 0 aliphatic heterocycles. The molecule has 0 atom stereocenters. The van der Waals surface area contributed by atoms with Crippen LogP contribution in [0.25, 0.3) is 0 Å². The molecule has 1 amide bonds. The zero-order valence-electron chi connectivity index (χ0n) is 10.4. The molecular weight excluding hydrogens is 256 g/mol. The molecule has 1 heterocycles. The lowest BCUT2D eigenvalue weighted by molar-refractivity contribution is -0.127. The summed E-state index contributed by atoms with van der Waals surface area (Å²) in [6.45, 7) is 8.33. The van der Waals surface area contributed by atoms with Gasteiger partial charge in [0, 0.05) is 19.6 Å². The lowest BCUT2D eigenvalue weighted by Crippen LogP contribution is -2.31. The van der Waals surface area contributed by atoms with E-state index in [-0.39, 0.29) is 5.91 Å². The Balaban J connectivity index is 2.41. The van der Waals surface area contributed by atoms with Crippen molar-refractivity contribution in [2.75, 3.05) is 30.7 Å². The summed E-state index contributed by atoms with van der Waals surface area (Å²) in [5, 5.41) is 11.9. The molecule has 0 unspecified atom stereocenters. The van der Waals surface area contributed by atoms with E-state index in [0.29, 0.717) is 5.75 Å². The van der Waals surface area contributed by atoms with Crippen molar-refractivity contribution >= 4 is 34.1 Å². The van der Waals surface area contributed by atoms with Gasteiger partial charge >= 0.3 is 0 Å². The van der Waals surface area contributed by atoms with Crippen molar-refractivity contribution in [2.24, 2.45) is 0 Å². The quantitative estimate of drug-likeness (QED) is 0.770. The highest BCUT2D eigenvalue weighted by molar-refractivity contribution is 8.01. The number of nitrogens with zero attached hydrogens (tertiary/aromatic N) is 3. The van der Waals surface area contributed by atoms with Gasteiger partial charge in [0.2, 0.25) is 11.0 Å². The third-order valence-electron chi connectivity index (χ3n) is 2.17. The Morgan fingerprint density at radius 3 is 2.65 bits per heavy atom. The van der Waals surface area contributed by atoms with E-state index in [4.69, 9.17) is 0 Å². The van der Waals surface area contributed by atoms with Crippen molar-refractivity contribution in [3.63, 3.8) is 0 Å². The van der Waals surface area contributed by atoms with Crippen LogP contribution in [0.4, 0.5) is 5.13 Å². The van der Waals surface area contributed by atoms with Gasteiger partial charge in [-0.2, -0.15) is 0 Å². The van der Waals surface area contributed by atoms with Crippen molar-refractivity contribution in [1.82, 2.24) is 15.1 Å². The first kappa shape index (κ1) is 14.2. The molecule has 96 valence electrons. The topological polar surface area (TPSA) is 58.1 Å². The second-order valence-corrected chi connectivity index (χ2v) is 5.46. The Morgan fingerprint density at radius 2 is 2.06 bits per heavy atom. The monoisotopic (exact) mass is 274 g/mol. The third-order valence-corrected chi connectivity index (χ3v) is 4.17. The molecule has 0 aliphatic rings. The normalized spacial score (nSPS) is 10.3. The molecular formula is C10H18N4OS2. The maximum atomic E-state index is 11.8. The van der Waals surface area contributed by atoms with Crippen LogP contribution in [0.3, 0.4) is 0 Å². The number of rotatable bonds is 7. The summed E-state index contributed by atoms with van der Waals surface area (Å²) in [6, 6.07) is 0. The number of aromatic nitrogens is 2. The number of anilines is 1. The molecule has 0 saturated carbocycles. The van der Waals surface area contributed by atoms with Crippen LogP contribution < -0.4 is 5.32 Å². The minimum atomic E-state index is 0.153. The van der Waals surface area contributed by atoms with E-state index in [1.807, 2.05) is 25.7 Å². The number of nitrogens with one attached hydrogen (secondary N) is 1. The molecule has 0 radical (unpaired) electrons. The Hall–Kier alpha value is -0.820. The van der Waals surface area contributed by atoms with Crippen molar-refractivity contribution in [2.45, 2.75) is 25.1 Å². The molecule has 0 aromatic carbocycles. The average Bonchev–Trinajstić information content (AvgIpc) is 2.76. The maximum absolute atomic E-state index is 11.8. The highest BCUT2D eigenvalue weighted by atomic mass is 32.2. The maximum Gasteiger partial charge on any atom is 0.233 e. The highest BCUT2D eigenvalue weighted by Crippen LogP contribution is 2.25. The van der Waals surface area contributed by atoms with E-state index in [0.717, 1.165) is 29.1 Å². The van der Waals surface area contributed by atoms with Gasteiger partial charge in [-0.3, -0.25) is 4.79 Å². The van der Waals surface area contributed by atoms with Gasteiger partial charge in [0.15, 0.2) is 4.34 Å². The molecule has 0 bridgehead atoms. The summed E-state index contributed by atoms with van der Waals surface area (Å²) < 4.78 is 0.835. The minimum Gasteiger partial charge on any atom is -0.360 e. The standard InChI is InChI=1S/C10H18N4OS2/c1-4-11-9-12-13-10(17-9)16-7-8(15)14(5-2)6-3/h4-7H2,1-3H3,(H,11,12). The first-order valence-corrected chi connectivity index (χ1v) is 7.49. The summed E-state index contributed by atoms with van der Waals surface area (Å²) in [5.41, 5.74) is 0. The Bertz CT molecular complexity index is 352. The lowest BCUT2D eigenvalue weighted by Gasteiger charge is -2.17. The molecule has 0 aliphatic carbocycles. The van der Waals surface area contributed by atoms with E-state index in [9.17, 15) is 4.79 Å². The van der Waals surface area contributed by atoms with Gasteiger partial charge in [-0.15, -0.1) is 10.2 Å². The minimum absolute atomic E-state index is 0.153. The second-order valence-electron chi connectivity index (χ2n) is 3.26. The Morgan fingerprint density at radius 1 is 1.35 bits per heavy atom. The van der Waals surface area contributed by atoms with Gasteiger partial charge in [0.05, 0.1) is 5.75 Å². The number of amides is 1. The van der Waals surface area contributed by atoms with E-state index < -0.39 is 0 Å². The number of carbonyl (C=O) groups excluding carboxylic acids is 1. The van der Waals surface area contributed by atoms with E-state index >= 15 is 0 Å². The fourth-order valence-electron chi connectivity index (χ4n) is 1.28. The summed E-state index contributed by atoms with van der Waals surface area (Å²) in [6.07, 6.45) is 0. The van der Waals surface area contributed by atoms with Gasteiger partial charge < -0.3 is 10.2 Å². The third kappa shape index (κ3) is 4.51. The van der Waals surface area contributed by atoms with Crippen LogP contribution >= 0.6 is 23.1 Å². The second kappa shape index (κ2) is 7.50. The van der Waals surface area contributed by atoms with E-state index in [1.165, 1.54) is 23.1 Å². The zero-order valence-corrected chi connectivity index (χ0v) is 12.0. The van der Waals surface area contributed by atoms with Crippen LogP contribution in [-0.4, -0.2) is 46.4 Å². The van der Waals surface area contributed by atoms with Gasteiger partial charge in [-0.25, -0.2) is 0 Å². The molecule has 0 spiro atoms. The number of hydrogen-bond donors (Lipinski definition) is 1. The average molecular weight is 274 g/mol. The van der Waals surface area contributed by atoms with E-state index in [2.05, 4.69) is 15.5 Å². The number of carbonyl (C=O) groups is 1. The van der Waals surface area contributed by atoms with Crippen molar-refractivity contribution in [1.29, 1.82) is 0 Å². The molecule has 7 heteroatoms. The molecule has 0 saturated heterocycles. The van der Waals surface area contributed by atoms with Crippen LogP contribution in [0.1, 0.15) is 20.8 Å². The van der Waals surface area contributed by atoms with Crippen molar-refractivity contribution in [3.05, 3.63) is 0 Å². The molecule has 17 heavy (non-hydrogen) atoms. The largest absolute Gasteiger partial charge is 0.360 e. The molecule has 5 nitrogen and oxygen atoms in total. The van der Waals surface area contributed by atoms with Gasteiger partial charge in [0.25, 0.3) is 0 Å². The van der Waals surface area contributed by atoms with Crippen LogP contribution in [0.15, 0.2) is 4.34 Å². The van der Waals surface area contributed by atoms with Crippen LogP contribution in [0.2, 0.25) is 0 Å². The highest BCUT2D eigenvalue weighted by Gasteiger charge is 2.11. The molecule has 1 aromatic rings. The predicted octanol–water partition coefficient (Wildman–Crippen LogP) is 1.93. The van der Waals surface area contributed by atoms with Gasteiger partial charge in [0.1, 0.15) is 0 Å². The Kier molecular flexibility index (Phi) is 6.28. The fraction of sp³-hybridized carbons (Fsp3) is 0.700. The summed E-state index contributed by atoms with van der Waals surface area (Å²) >= 11 is 2.93. The van der Waals surface area contributed by atoms with Crippen LogP contribution in [-0.2, 0) is 4.79 Å². The summed E-state index contributed by atoms with van der Waals surface area (Å²) in [4.78, 5) is 13.6. The first-order valence-electron chi connectivity index (χ1n) is 5.69. The number of thioether (sulfide) groups is 1. The predicted molar refractivity (Wildman–Crippen MR) is 72.7 cm³/mol. The summed E-state index contributed by atoms with van der Waals surface area (Å²) in [5.74, 6) is 0.586. The molecule has 1 rings (SSSR count). The lowest BCUT2D eigenvalue weighted by atomic mass is 10.5.